The van der Waals surface area contributed by atoms with Gasteiger partial charge in [-0.3, -0.25) is 9.99 Å². The van der Waals surface area contributed by atoms with Crippen LogP contribution in [0.15, 0.2) is 60.2 Å². The van der Waals surface area contributed by atoms with Crippen molar-refractivity contribution in [1.29, 1.82) is 0 Å². The fourth-order valence-corrected chi connectivity index (χ4v) is 3.63. The lowest BCUT2D eigenvalue weighted by molar-refractivity contribution is 0.393. The Hall–Kier alpha value is -3.61. The monoisotopic (exact) mass is 383 g/mol. The van der Waals surface area contributed by atoms with Crippen LogP contribution in [0.3, 0.4) is 0 Å². The van der Waals surface area contributed by atoms with E-state index in [0.29, 0.717) is 5.82 Å². The number of imidazole rings is 1. The predicted molar refractivity (Wildman–Crippen MR) is 113 cm³/mol. The van der Waals surface area contributed by atoms with Crippen LogP contribution in [0.1, 0.15) is 18.9 Å². The molecule has 29 heavy (non-hydrogen) atoms. The molecule has 7 nitrogen and oxygen atoms in total. The first-order valence-corrected chi connectivity index (χ1v) is 9.75. The quantitative estimate of drug-likeness (QED) is 0.538. The second-order valence-corrected chi connectivity index (χ2v) is 7.09. The summed E-state index contributed by atoms with van der Waals surface area (Å²) >= 11 is 0. The molecule has 4 aromatic rings. The first-order valence-electron chi connectivity index (χ1n) is 9.75. The zero-order chi connectivity index (χ0) is 19.8. The van der Waals surface area contributed by atoms with E-state index in [-0.39, 0.29) is 0 Å². The molecule has 0 unspecified atom stereocenters. The van der Waals surface area contributed by atoms with E-state index in [0.717, 1.165) is 58.8 Å². The smallest absolute Gasteiger partial charge is 0.164 e. The Labute approximate surface area is 168 Å². The van der Waals surface area contributed by atoms with Crippen molar-refractivity contribution in [1.82, 2.24) is 29.5 Å². The van der Waals surface area contributed by atoms with Gasteiger partial charge in [0.1, 0.15) is 11.2 Å². The van der Waals surface area contributed by atoms with Gasteiger partial charge in [-0.1, -0.05) is 18.2 Å². The van der Waals surface area contributed by atoms with Crippen molar-refractivity contribution in [2.45, 2.75) is 19.9 Å². The Bertz CT molecular complexity index is 1210. The first-order chi connectivity index (χ1) is 14.2. The molecule has 0 spiro atoms. The van der Waals surface area contributed by atoms with Gasteiger partial charge in [-0.05, 0) is 30.7 Å². The molecule has 3 aromatic heterocycles. The van der Waals surface area contributed by atoms with Gasteiger partial charge in [-0.2, -0.15) is 5.10 Å². The van der Waals surface area contributed by atoms with Crippen molar-refractivity contribution in [3.05, 3.63) is 60.7 Å². The maximum absolute atomic E-state index is 4.91. The number of hydrogen-bond donors (Lipinski definition) is 0. The van der Waals surface area contributed by atoms with Crippen molar-refractivity contribution in [3.63, 3.8) is 0 Å². The molecule has 1 aliphatic heterocycles. The number of rotatable bonds is 4. The average Bonchev–Trinajstić information content (AvgIpc) is 3.39. The Balaban J connectivity index is 1.69. The SMILES string of the molecule is CCn1cnc2c(-c3ccncc3)nc(-c3cccc(C4=NN(C)CC4)c3)nc21. The summed E-state index contributed by atoms with van der Waals surface area (Å²) in [5.74, 6) is 0.688. The largest absolute Gasteiger partial charge is 0.315 e. The molecule has 0 aliphatic carbocycles. The Morgan fingerprint density at radius 2 is 1.83 bits per heavy atom. The number of aromatic nitrogens is 5. The molecule has 0 N–H and O–H groups in total. The average molecular weight is 383 g/mol. The number of nitrogens with zero attached hydrogens (tertiary/aromatic N) is 7. The van der Waals surface area contributed by atoms with E-state index >= 15 is 0 Å². The van der Waals surface area contributed by atoms with E-state index < -0.39 is 0 Å². The number of benzene rings is 1. The topological polar surface area (TPSA) is 72.1 Å². The zero-order valence-corrected chi connectivity index (χ0v) is 16.4. The lowest BCUT2D eigenvalue weighted by atomic mass is 10.0. The van der Waals surface area contributed by atoms with Crippen molar-refractivity contribution in [3.8, 4) is 22.6 Å². The number of fused-ring (bicyclic) bond motifs is 1. The third kappa shape index (κ3) is 3.14. The fourth-order valence-electron chi connectivity index (χ4n) is 3.63. The van der Waals surface area contributed by atoms with Crippen LogP contribution in [0.4, 0.5) is 0 Å². The van der Waals surface area contributed by atoms with Crippen molar-refractivity contribution in [2.24, 2.45) is 5.10 Å². The lowest BCUT2D eigenvalue weighted by Gasteiger charge is -2.09. The van der Waals surface area contributed by atoms with E-state index in [4.69, 9.17) is 9.97 Å². The molecule has 0 amide bonds. The molecule has 1 aromatic carbocycles. The third-order valence-corrected chi connectivity index (χ3v) is 5.18. The predicted octanol–water partition coefficient (Wildman–Crippen LogP) is 3.61. The highest BCUT2D eigenvalue weighted by atomic mass is 15.5. The molecule has 0 radical (unpaired) electrons. The molecule has 5 rings (SSSR count). The fraction of sp³-hybridized carbons (Fsp3) is 0.227. The second kappa shape index (κ2) is 7.09. The Morgan fingerprint density at radius 1 is 1.00 bits per heavy atom. The lowest BCUT2D eigenvalue weighted by Crippen LogP contribution is -2.04. The van der Waals surface area contributed by atoms with Crippen molar-refractivity contribution < 1.29 is 0 Å². The summed E-state index contributed by atoms with van der Waals surface area (Å²) in [7, 11) is 2.00. The van der Waals surface area contributed by atoms with Gasteiger partial charge in [0.05, 0.1) is 12.0 Å². The molecule has 1 aliphatic rings. The van der Waals surface area contributed by atoms with E-state index in [9.17, 15) is 0 Å². The van der Waals surface area contributed by atoms with Gasteiger partial charge in [-0.25, -0.2) is 15.0 Å². The second-order valence-electron chi connectivity index (χ2n) is 7.09. The van der Waals surface area contributed by atoms with Gasteiger partial charge < -0.3 is 4.57 Å². The van der Waals surface area contributed by atoms with Gasteiger partial charge in [-0.15, -0.1) is 0 Å². The van der Waals surface area contributed by atoms with Gasteiger partial charge in [0, 0.05) is 50.1 Å². The van der Waals surface area contributed by atoms with Crippen molar-refractivity contribution >= 4 is 16.9 Å². The molecular formula is C22H21N7. The maximum atomic E-state index is 4.91. The van der Waals surface area contributed by atoms with E-state index in [1.165, 1.54) is 0 Å². The number of hydrogen-bond acceptors (Lipinski definition) is 6. The highest BCUT2D eigenvalue weighted by Gasteiger charge is 2.17. The number of hydrazone groups is 1. The first kappa shape index (κ1) is 17.5. The molecule has 0 fully saturated rings. The van der Waals surface area contributed by atoms with E-state index in [2.05, 4.69) is 34.1 Å². The number of pyridine rings is 1. The van der Waals surface area contributed by atoms with Gasteiger partial charge in [0.15, 0.2) is 11.5 Å². The van der Waals surface area contributed by atoms with E-state index in [1.54, 1.807) is 12.4 Å². The summed E-state index contributed by atoms with van der Waals surface area (Å²) < 4.78 is 2.05. The standard InChI is InChI=1S/C22H21N7/c1-3-29-14-24-20-19(15-7-10-23-11-8-15)25-21(26-22(20)29)17-6-4-5-16(13-17)18-9-12-28(2)27-18/h4-8,10-11,13-14H,3,9,12H2,1-2H3. The van der Waals surface area contributed by atoms with Crippen LogP contribution in [-0.4, -0.2) is 48.8 Å². The zero-order valence-electron chi connectivity index (χ0n) is 16.4. The van der Waals surface area contributed by atoms with Crippen LogP contribution in [0.2, 0.25) is 0 Å². The summed E-state index contributed by atoms with van der Waals surface area (Å²) in [6.07, 6.45) is 6.32. The minimum Gasteiger partial charge on any atom is -0.315 e. The van der Waals surface area contributed by atoms with Crippen LogP contribution in [0.25, 0.3) is 33.8 Å². The van der Waals surface area contributed by atoms with Gasteiger partial charge >= 0.3 is 0 Å². The van der Waals surface area contributed by atoms with Crippen LogP contribution >= 0.6 is 0 Å². The summed E-state index contributed by atoms with van der Waals surface area (Å²) in [5.41, 5.74) is 6.64. The molecule has 4 heterocycles. The Kier molecular flexibility index (Phi) is 4.27. The summed E-state index contributed by atoms with van der Waals surface area (Å²) in [6.45, 7) is 3.83. The molecule has 0 saturated heterocycles. The normalized spacial score (nSPS) is 13.9. The highest BCUT2D eigenvalue weighted by molar-refractivity contribution is 6.02. The molecular weight excluding hydrogens is 362 g/mol. The maximum Gasteiger partial charge on any atom is 0.164 e. The molecule has 144 valence electrons. The molecule has 0 atom stereocenters. The minimum absolute atomic E-state index is 0.688. The third-order valence-electron chi connectivity index (χ3n) is 5.18. The van der Waals surface area contributed by atoms with Crippen LogP contribution in [-0.2, 0) is 6.54 Å². The van der Waals surface area contributed by atoms with Crippen molar-refractivity contribution in [2.75, 3.05) is 13.6 Å². The van der Waals surface area contributed by atoms with Crippen LogP contribution in [0, 0.1) is 0 Å². The highest BCUT2D eigenvalue weighted by Crippen LogP contribution is 2.28. The number of aryl methyl sites for hydroxylation is 1. The van der Waals surface area contributed by atoms with Gasteiger partial charge in [0.25, 0.3) is 0 Å². The summed E-state index contributed by atoms with van der Waals surface area (Å²) in [4.78, 5) is 18.5. The minimum atomic E-state index is 0.688. The van der Waals surface area contributed by atoms with Crippen LogP contribution in [0.5, 0.6) is 0 Å². The summed E-state index contributed by atoms with van der Waals surface area (Å²) in [6, 6.07) is 12.2. The molecule has 0 bridgehead atoms. The van der Waals surface area contributed by atoms with Crippen LogP contribution < -0.4 is 0 Å². The molecule has 0 saturated carbocycles. The van der Waals surface area contributed by atoms with Gasteiger partial charge in [0.2, 0.25) is 0 Å². The Morgan fingerprint density at radius 3 is 2.59 bits per heavy atom. The summed E-state index contributed by atoms with van der Waals surface area (Å²) in [5, 5.41) is 6.59. The molecule has 7 heteroatoms. The van der Waals surface area contributed by atoms with E-state index in [1.807, 2.05) is 47.2 Å².